The Hall–Kier alpha value is 0.110. The normalized spacial score (nSPS) is 13.2. The molecule has 0 heterocycles. The van der Waals surface area contributed by atoms with Crippen molar-refractivity contribution in [3.63, 3.8) is 0 Å². The van der Waals surface area contributed by atoms with E-state index in [-0.39, 0.29) is 0 Å². The number of hydrogen-bond donors (Lipinski definition) is 1. The molecule has 12 heavy (non-hydrogen) atoms. The van der Waals surface area contributed by atoms with Gasteiger partial charge in [-0.25, -0.2) is 0 Å². The monoisotopic (exact) mass is 191 g/mol. The first-order valence-electron chi connectivity index (χ1n) is 4.87. The summed E-state index contributed by atoms with van der Waals surface area (Å²) in [7, 11) is -0.563. The first-order valence-corrected chi connectivity index (χ1v) is 6.35. The summed E-state index contributed by atoms with van der Waals surface area (Å²) in [5.41, 5.74) is 0. The van der Waals surface area contributed by atoms with Gasteiger partial charge in [-0.3, -0.25) is 4.21 Å². The van der Waals surface area contributed by atoms with Crippen molar-refractivity contribution in [3.05, 3.63) is 0 Å². The number of unbranched alkanes of at least 4 members (excludes halogenated alkanes) is 1. The van der Waals surface area contributed by atoms with E-state index in [0.29, 0.717) is 0 Å². The molecule has 0 bridgehead atoms. The Morgan fingerprint density at radius 1 is 1.17 bits per heavy atom. The van der Waals surface area contributed by atoms with Gasteiger partial charge in [0.2, 0.25) is 0 Å². The van der Waals surface area contributed by atoms with Gasteiger partial charge in [-0.2, -0.15) is 0 Å². The predicted molar refractivity (Wildman–Crippen MR) is 55.9 cm³/mol. The molecule has 1 N–H and O–H groups in total. The van der Waals surface area contributed by atoms with Crippen LogP contribution in [0.1, 0.15) is 33.1 Å². The van der Waals surface area contributed by atoms with Crippen LogP contribution in [0.15, 0.2) is 0 Å². The zero-order chi connectivity index (χ0) is 9.23. The third-order valence-electron chi connectivity index (χ3n) is 1.70. The van der Waals surface area contributed by atoms with E-state index in [2.05, 4.69) is 19.2 Å². The Morgan fingerprint density at radius 2 is 1.83 bits per heavy atom. The van der Waals surface area contributed by atoms with Gasteiger partial charge in [-0.1, -0.05) is 20.3 Å². The Bertz CT molecular complexity index is 117. The molecule has 1 unspecified atom stereocenters. The van der Waals surface area contributed by atoms with E-state index in [9.17, 15) is 4.21 Å². The lowest BCUT2D eigenvalue weighted by atomic mass is 10.4. The van der Waals surface area contributed by atoms with Gasteiger partial charge in [-0.05, 0) is 25.9 Å². The third kappa shape index (κ3) is 8.21. The van der Waals surface area contributed by atoms with Crippen molar-refractivity contribution in [2.24, 2.45) is 0 Å². The fourth-order valence-electron chi connectivity index (χ4n) is 0.942. The van der Waals surface area contributed by atoms with Crippen molar-refractivity contribution in [3.8, 4) is 0 Å². The summed E-state index contributed by atoms with van der Waals surface area (Å²) in [6.07, 6.45) is 3.30. The number of nitrogens with one attached hydrogen (secondary N) is 1. The molecule has 0 fully saturated rings. The molecule has 0 saturated heterocycles. The molecule has 0 aromatic carbocycles. The van der Waals surface area contributed by atoms with Crippen molar-refractivity contribution in [1.82, 2.24) is 5.32 Å². The second-order valence-electron chi connectivity index (χ2n) is 2.91. The van der Waals surface area contributed by atoms with Crippen molar-refractivity contribution in [2.75, 3.05) is 24.6 Å². The molecule has 0 aliphatic rings. The molecule has 0 aliphatic carbocycles. The first-order chi connectivity index (χ1) is 5.81. The van der Waals surface area contributed by atoms with Crippen molar-refractivity contribution >= 4 is 10.8 Å². The van der Waals surface area contributed by atoms with Crippen LogP contribution in [0, 0.1) is 0 Å². The van der Waals surface area contributed by atoms with Gasteiger partial charge < -0.3 is 5.32 Å². The Balaban J connectivity index is 3.08. The molecule has 74 valence electrons. The summed E-state index contributed by atoms with van der Waals surface area (Å²) in [6, 6.07) is 0. The lowest BCUT2D eigenvalue weighted by Crippen LogP contribution is -2.16. The van der Waals surface area contributed by atoms with E-state index in [1.54, 1.807) is 0 Å². The molecule has 2 nitrogen and oxygen atoms in total. The van der Waals surface area contributed by atoms with Crippen LogP contribution in [0.4, 0.5) is 0 Å². The molecule has 1 atom stereocenters. The van der Waals surface area contributed by atoms with E-state index >= 15 is 0 Å². The highest BCUT2D eigenvalue weighted by Crippen LogP contribution is 1.93. The Labute approximate surface area is 78.6 Å². The van der Waals surface area contributed by atoms with Crippen LogP contribution in [0.3, 0.4) is 0 Å². The maximum Gasteiger partial charge on any atom is 0.0246 e. The topological polar surface area (TPSA) is 29.1 Å². The average Bonchev–Trinajstić information content (AvgIpc) is 2.09. The highest BCUT2D eigenvalue weighted by molar-refractivity contribution is 7.84. The molecular weight excluding hydrogens is 170 g/mol. The lowest BCUT2D eigenvalue weighted by Gasteiger charge is -2.01. The maximum atomic E-state index is 11.2. The van der Waals surface area contributed by atoms with E-state index in [1.165, 1.54) is 0 Å². The minimum absolute atomic E-state index is 0.563. The van der Waals surface area contributed by atoms with Crippen LogP contribution in [-0.2, 0) is 10.8 Å². The standard InChI is InChI=1S/C9H21NOS/c1-3-5-8-12(11)9-6-7-10-4-2/h10H,3-9H2,1-2H3. The van der Waals surface area contributed by atoms with E-state index in [4.69, 9.17) is 0 Å². The zero-order valence-corrected chi connectivity index (χ0v) is 9.08. The van der Waals surface area contributed by atoms with Gasteiger partial charge >= 0.3 is 0 Å². The molecule has 0 aliphatic heterocycles. The summed E-state index contributed by atoms with van der Waals surface area (Å²) >= 11 is 0. The molecule has 0 spiro atoms. The Kier molecular flexibility index (Phi) is 9.28. The highest BCUT2D eigenvalue weighted by atomic mass is 32.2. The van der Waals surface area contributed by atoms with Gasteiger partial charge in [0.25, 0.3) is 0 Å². The zero-order valence-electron chi connectivity index (χ0n) is 8.27. The fraction of sp³-hybridized carbons (Fsp3) is 1.00. The third-order valence-corrected chi connectivity index (χ3v) is 3.19. The summed E-state index contributed by atoms with van der Waals surface area (Å²) in [5.74, 6) is 1.76. The van der Waals surface area contributed by atoms with Gasteiger partial charge in [0, 0.05) is 22.3 Å². The minimum atomic E-state index is -0.563. The summed E-state index contributed by atoms with van der Waals surface area (Å²) in [5, 5.41) is 3.23. The number of rotatable bonds is 8. The van der Waals surface area contributed by atoms with Gasteiger partial charge in [0.1, 0.15) is 0 Å². The molecule has 0 aromatic rings. The van der Waals surface area contributed by atoms with Crippen LogP contribution < -0.4 is 5.32 Å². The van der Waals surface area contributed by atoms with Crippen LogP contribution in [-0.4, -0.2) is 28.8 Å². The highest BCUT2D eigenvalue weighted by Gasteiger charge is 1.97. The maximum absolute atomic E-state index is 11.2. The van der Waals surface area contributed by atoms with Crippen molar-refractivity contribution in [1.29, 1.82) is 0 Å². The second kappa shape index (κ2) is 9.20. The molecule has 0 saturated carbocycles. The van der Waals surface area contributed by atoms with E-state index in [0.717, 1.165) is 43.9 Å². The SMILES string of the molecule is CCCCS(=O)CCCNCC. The Morgan fingerprint density at radius 3 is 2.42 bits per heavy atom. The van der Waals surface area contributed by atoms with Gasteiger partial charge in [0.15, 0.2) is 0 Å². The lowest BCUT2D eigenvalue weighted by molar-refractivity contribution is 0.667. The number of hydrogen-bond acceptors (Lipinski definition) is 2. The molecule has 0 radical (unpaired) electrons. The van der Waals surface area contributed by atoms with Gasteiger partial charge in [-0.15, -0.1) is 0 Å². The van der Waals surface area contributed by atoms with E-state index in [1.807, 2.05) is 0 Å². The largest absolute Gasteiger partial charge is 0.317 e. The van der Waals surface area contributed by atoms with Crippen LogP contribution in [0.2, 0.25) is 0 Å². The van der Waals surface area contributed by atoms with Crippen molar-refractivity contribution in [2.45, 2.75) is 33.1 Å². The van der Waals surface area contributed by atoms with Crippen LogP contribution in [0.25, 0.3) is 0 Å². The quantitative estimate of drug-likeness (QED) is 0.590. The van der Waals surface area contributed by atoms with Crippen LogP contribution in [0.5, 0.6) is 0 Å². The summed E-state index contributed by atoms with van der Waals surface area (Å²) in [6.45, 7) is 6.25. The predicted octanol–water partition coefficient (Wildman–Crippen LogP) is 1.53. The summed E-state index contributed by atoms with van der Waals surface area (Å²) in [4.78, 5) is 0. The van der Waals surface area contributed by atoms with Crippen molar-refractivity contribution < 1.29 is 4.21 Å². The molecular formula is C9H21NOS. The van der Waals surface area contributed by atoms with E-state index < -0.39 is 10.8 Å². The molecule has 0 aromatic heterocycles. The molecule has 0 rings (SSSR count). The van der Waals surface area contributed by atoms with Crippen LogP contribution >= 0.6 is 0 Å². The van der Waals surface area contributed by atoms with Gasteiger partial charge in [0.05, 0.1) is 0 Å². The summed E-state index contributed by atoms with van der Waals surface area (Å²) < 4.78 is 11.2. The minimum Gasteiger partial charge on any atom is -0.317 e. The smallest absolute Gasteiger partial charge is 0.0246 e. The first kappa shape index (κ1) is 12.1. The molecule has 0 amide bonds. The molecule has 3 heteroatoms. The second-order valence-corrected chi connectivity index (χ2v) is 4.60. The average molecular weight is 191 g/mol. The fourth-order valence-corrected chi connectivity index (χ4v) is 2.22.